The first-order chi connectivity index (χ1) is 25.1. The van der Waals surface area contributed by atoms with Crippen molar-refractivity contribution in [3.05, 3.63) is 33.1 Å². The maximum Gasteiger partial charge on any atom is 0.483 e. The monoisotopic (exact) mass is 824 g/mol. The van der Waals surface area contributed by atoms with E-state index in [0.717, 1.165) is 26.1 Å². The van der Waals surface area contributed by atoms with Crippen molar-refractivity contribution in [2.45, 2.75) is 99.7 Å². The number of hydrogen-bond acceptors (Lipinski definition) is 20. The number of phosphoric acid groups is 2. The van der Waals surface area contributed by atoms with Gasteiger partial charge in [-0.25, -0.2) is 18.7 Å². The smallest absolute Gasteiger partial charge is 0.479 e. The number of aliphatic hydroxyl groups excluding tert-OH is 6. The van der Waals surface area contributed by atoms with Gasteiger partial charge in [0, 0.05) is 26.1 Å². The second kappa shape index (κ2) is 17.4. The van der Waals surface area contributed by atoms with Crippen molar-refractivity contribution in [3.8, 4) is 0 Å². The lowest BCUT2D eigenvalue weighted by Crippen LogP contribution is -2.69. The number of aliphatic carboxylic acids is 1. The summed E-state index contributed by atoms with van der Waals surface area (Å²) >= 11 is 0. The number of aromatic amines is 1. The van der Waals surface area contributed by atoms with Crippen LogP contribution in [0.25, 0.3) is 0 Å². The van der Waals surface area contributed by atoms with Crippen molar-refractivity contribution < 1.29 is 101 Å². The SMILES string of the molecule is CC(=O)NC1C(OC2C(CO)OC(OP(=O)(O)OP(=O)(O)OCC3OC(n4ccc(=O)[nH]c4=O)C(O)C3O)C(NC(C)=O)C2O)OC(C(=O)O)C(O)C1O. The zero-order valence-corrected chi connectivity index (χ0v) is 29.5. The van der Waals surface area contributed by atoms with Gasteiger partial charge in [-0.15, -0.1) is 0 Å². The fourth-order valence-corrected chi connectivity index (χ4v) is 7.80. The van der Waals surface area contributed by atoms with E-state index in [4.69, 9.17) is 23.5 Å². The third-order valence-corrected chi connectivity index (χ3v) is 10.6. The molecule has 0 radical (unpaired) electrons. The molecule has 16 atom stereocenters. The number of hydrogen-bond donors (Lipinski definition) is 12. The minimum atomic E-state index is -5.88. The predicted molar refractivity (Wildman–Crippen MR) is 165 cm³/mol. The number of rotatable bonds is 14. The van der Waals surface area contributed by atoms with Crippen molar-refractivity contribution in [2.24, 2.45) is 0 Å². The Morgan fingerprint density at radius 3 is 2.02 bits per heavy atom. The highest BCUT2D eigenvalue weighted by Gasteiger charge is 2.55. The molecule has 306 valence electrons. The van der Waals surface area contributed by atoms with E-state index >= 15 is 0 Å². The highest BCUT2D eigenvalue weighted by Crippen LogP contribution is 2.61. The van der Waals surface area contributed by atoms with Crippen molar-refractivity contribution in [1.82, 2.24) is 20.2 Å². The van der Waals surface area contributed by atoms with Gasteiger partial charge in [0.25, 0.3) is 5.56 Å². The van der Waals surface area contributed by atoms with E-state index in [-0.39, 0.29) is 0 Å². The van der Waals surface area contributed by atoms with Crippen molar-refractivity contribution in [1.29, 1.82) is 0 Å². The molecular weight excluding hydrogens is 786 g/mol. The Bertz CT molecular complexity index is 1740. The minimum absolute atomic E-state index is 0.684. The van der Waals surface area contributed by atoms with Crippen LogP contribution < -0.4 is 21.9 Å². The summed E-state index contributed by atoms with van der Waals surface area (Å²) in [6.07, 6.45) is -22.6. The summed E-state index contributed by atoms with van der Waals surface area (Å²) in [5, 5.41) is 76.4. The summed E-state index contributed by atoms with van der Waals surface area (Å²) in [4.78, 5) is 81.4. The second-order valence-electron chi connectivity index (χ2n) is 12.0. The maximum absolute atomic E-state index is 12.9. The normalized spacial score (nSPS) is 37.8. The molecule has 0 bridgehead atoms. The lowest BCUT2D eigenvalue weighted by Gasteiger charge is -2.47. The zero-order chi connectivity index (χ0) is 40.4. The molecule has 0 saturated carbocycles. The van der Waals surface area contributed by atoms with Gasteiger partial charge in [-0.05, 0) is 0 Å². The highest BCUT2D eigenvalue weighted by molar-refractivity contribution is 7.61. The molecule has 0 aliphatic carbocycles. The van der Waals surface area contributed by atoms with E-state index < -0.39 is 144 Å². The first-order valence-corrected chi connectivity index (χ1v) is 18.5. The molecule has 3 aliphatic heterocycles. The van der Waals surface area contributed by atoms with E-state index in [9.17, 15) is 78.6 Å². The molecule has 2 amide bonds. The molecule has 4 rings (SSSR count). The van der Waals surface area contributed by atoms with Crippen LogP contribution in [0.4, 0.5) is 0 Å². The van der Waals surface area contributed by atoms with Gasteiger partial charge in [-0.1, -0.05) is 0 Å². The number of carbonyl (C=O) groups is 3. The van der Waals surface area contributed by atoms with Gasteiger partial charge in [0.15, 0.2) is 24.9 Å². The number of carboxylic acids is 1. The van der Waals surface area contributed by atoms with Gasteiger partial charge in [0.2, 0.25) is 11.8 Å². The maximum atomic E-state index is 12.9. The van der Waals surface area contributed by atoms with E-state index in [1.165, 1.54) is 0 Å². The number of phosphoric ester groups is 2. The quantitative estimate of drug-likeness (QED) is 0.0776. The molecule has 12 N–H and O–H groups in total. The fraction of sp³-hybridized carbons (Fsp3) is 0.720. The molecule has 16 unspecified atom stereocenters. The Labute approximate surface area is 301 Å². The molecule has 27 nitrogen and oxygen atoms in total. The first-order valence-electron chi connectivity index (χ1n) is 15.5. The number of nitrogens with one attached hydrogen (secondary N) is 3. The van der Waals surface area contributed by atoms with Crippen LogP contribution in [0.2, 0.25) is 0 Å². The van der Waals surface area contributed by atoms with Crippen molar-refractivity contribution >= 4 is 33.4 Å². The van der Waals surface area contributed by atoms with Crippen LogP contribution >= 0.6 is 15.6 Å². The third-order valence-electron chi connectivity index (χ3n) is 8.04. The van der Waals surface area contributed by atoms with Crippen LogP contribution in [0.1, 0.15) is 20.1 Å². The largest absolute Gasteiger partial charge is 0.483 e. The number of carbonyl (C=O) groups excluding carboxylic acids is 2. The van der Waals surface area contributed by atoms with Crippen LogP contribution in [0.15, 0.2) is 21.9 Å². The number of amides is 2. The van der Waals surface area contributed by atoms with Crippen LogP contribution in [0.3, 0.4) is 0 Å². The second-order valence-corrected chi connectivity index (χ2v) is 15.0. The molecule has 3 saturated heterocycles. The summed E-state index contributed by atoms with van der Waals surface area (Å²) in [7, 11) is -11.6. The Morgan fingerprint density at radius 2 is 1.46 bits per heavy atom. The zero-order valence-electron chi connectivity index (χ0n) is 27.7. The number of ether oxygens (including phenoxy) is 4. The van der Waals surface area contributed by atoms with Crippen LogP contribution in [0.5, 0.6) is 0 Å². The Balaban J connectivity index is 1.47. The number of carboxylic acid groups (broad SMARTS) is 1. The number of H-pyrrole nitrogens is 1. The van der Waals surface area contributed by atoms with E-state index in [2.05, 4.69) is 19.5 Å². The van der Waals surface area contributed by atoms with E-state index in [1.807, 2.05) is 4.98 Å². The lowest BCUT2D eigenvalue weighted by atomic mass is 9.94. The molecule has 1 aromatic rings. The first kappa shape index (κ1) is 43.7. The molecule has 0 aromatic carbocycles. The minimum Gasteiger partial charge on any atom is -0.479 e. The Kier molecular flexibility index (Phi) is 14.1. The third kappa shape index (κ3) is 10.2. The molecule has 1 aromatic heterocycles. The fourth-order valence-electron chi connectivity index (χ4n) is 5.64. The number of aromatic nitrogens is 2. The number of aliphatic hydroxyl groups is 6. The van der Waals surface area contributed by atoms with Gasteiger partial charge in [-0.2, -0.15) is 4.31 Å². The molecule has 3 aliphatic rings. The average molecular weight is 825 g/mol. The molecule has 54 heavy (non-hydrogen) atoms. The highest BCUT2D eigenvalue weighted by atomic mass is 31.3. The molecule has 3 fully saturated rings. The summed E-state index contributed by atoms with van der Waals surface area (Å²) in [5.74, 6) is -3.54. The van der Waals surface area contributed by atoms with Gasteiger partial charge in [0.05, 0.1) is 13.2 Å². The average Bonchev–Trinajstić information content (AvgIpc) is 3.33. The Morgan fingerprint density at radius 1 is 0.852 bits per heavy atom. The van der Waals surface area contributed by atoms with Crippen molar-refractivity contribution in [3.63, 3.8) is 0 Å². The van der Waals surface area contributed by atoms with Gasteiger partial charge >= 0.3 is 27.3 Å². The molecule has 4 heterocycles. The lowest BCUT2D eigenvalue weighted by molar-refractivity contribution is -0.321. The van der Waals surface area contributed by atoms with Crippen molar-refractivity contribution in [2.75, 3.05) is 13.2 Å². The molecule has 29 heteroatoms. The summed E-state index contributed by atoms with van der Waals surface area (Å²) in [6.45, 7) is -0.361. The van der Waals surface area contributed by atoms with Gasteiger partial charge in [0.1, 0.15) is 60.9 Å². The predicted octanol–water partition coefficient (Wildman–Crippen LogP) is -6.59. The summed E-state index contributed by atoms with van der Waals surface area (Å²) < 4.78 is 61.5. The molecule has 0 spiro atoms. The van der Waals surface area contributed by atoms with Crippen LogP contribution in [-0.4, -0.2) is 166 Å². The van der Waals surface area contributed by atoms with Gasteiger partial charge in [-0.3, -0.25) is 33.0 Å². The van der Waals surface area contributed by atoms with Crippen LogP contribution in [0, 0.1) is 0 Å². The Hall–Kier alpha value is -3.05. The molecular formula is C25H38N4O23P2. The number of nitrogens with zero attached hydrogens (tertiary/aromatic N) is 1. The van der Waals surface area contributed by atoms with Crippen LogP contribution in [-0.2, 0) is 55.8 Å². The standard InChI is InChI=1S/C25H38N4O23P2/c1-7(31)26-12-15(35)17(37)20(22(39)40)50-23(12)49-19-9(5-30)48-24(13(16(19)36)27-8(2)32)51-54(44,45)52-53(42,43)46-6-10-14(34)18(38)21(47-10)29-4-3-11(33)28-25(29)41/h3-4,9-10,12-21,23-24,30,34-38H,5-6H2,1-2H3,(H,26,31)(H,27,32)(H,39,40)(H,42,43)(H,44,45)(H,28,33,41). The van der Waals surface area contributed by atoms with E-state index in [0.29, 0.717) is 4.57 Å². The topological polar surface area (TPSA) is 411 Å². The van der Waals surface area contributed by atoms with Gasteiger partial charge < -0.3 is 75.1 Å². The van der Waals surface area contributed by atoms with E-state index in [1.54, 1.807) is 0 Å². The summed E-state index contributed by atoms with van der Waals surface area (Å²) in [5.41, 5.74) is -1.84. The summed E-state index contributed by atoms with van der Waals surface area (Å²) in [6, 6.07) is -2.77.